The van der Waals surface area contributed by atoms with Crippen LogP contribution in [-0.4, -0.2) is 23.4 Å². The molecule has 0 fully saturated rings. The first-order chi connectivity index (χ1) is 5.74. The monoisotopic (exact) mass is 165 g/mol. The summed E-state index contributed by atoms with van der Waals surface area (Å²) >= 11 is 0. The van der Waals surface area contributed by atoms with E-state index in [1.807, 2.05) is 0 Å². The lowest BCUT2D eigenvalue weighted by molar-refractivity contribution is 0.109. The molecule has 0 saturated heterocycles. The molecule has 0 N–H and O–H groups in total. The summed E-state index contributed by atoms with van der Waals surface area (Å²) in [6, 6.07) is 1.38. The summed E-state index contributed by atoms with van der Waals surface area (Å²) in [5, 5.41) is 0. The van der Waals surface area contributed by atoms with E-state index in [1.165, 1.54) is 10.6 Å². The first-order valence-electron chi connectivity index (χ1n) is 3.29. The summed E-state index contributed by atoms with van der Waals surface area (Å²) in [6.45, 7) is 0. The zero-order valence-electron chi connectivity index (χ0n) is 6.48. The number of rotatable bonds is 3. The van der Waals surface area contributed by atoms with Gasteiger partial charge in [0.25, 0.3) is 0 Å². The van der Waals surface area contributed by atoms with E-state index in [4.69, 9.17) is 0 Å². The molecule has 0 saturated carbocycles. The highest BCUT2D eigenvalue weighted by molar-refractivity contribution is 5.92. The first kappa shape index (κ1) is 8.39. The Labute approximate surface area is 68.8 Å². The Morgan fingerprint density at radius 2 is 1.83 bits per heavy atom. The third-order valence-electron chi connectivity index (χ3n) is 1.71. The van der Waals surface area contributed by atoms with Crippen LogP contribution in [0.2, 0.25) is 0 Å². The van der Waals surface area contributed by atoms with Crippen molar-refractivity contribution >= 4 is 18.9 Å². The van der Waals surface area contributed by atoms with E-state index in [9.17, 15) is 14.4 Å². The van der Waals surface area contributed by atoms with Gasteiger partial charge in [0.05, 0.1) is 11.4 Å². The van der Waals surface area contributed by atoms with E-state index in [0.717, 1.165) is 0 Å². The van der Waals surface area contributed by atoms with Crippen LogP contribution in [-0.2, 0) is 7.05 Å². The van der Waals surface area contributed by atoms with Gasteiger partial charge in [0.15, 0.2) is 18.9 Å². The molecule has 0 bridgehead atoms. The van der Waals surface area contributed by atoms with Gasteiger partial charge in [-0.3, -0.25) is 14.4 Å². The predicted octanol–water partition coefficient (Wildman–Crippen LogP) is 0.463. The van der Waals surface area contributed by atoms with Gasteiger partial charge < -0.3 is 4.57 Å². The minimum absolute atomic E-state index is 0.229. The molecule has 1 aromatic heterocycles. The van der Waals surface area contributed by atoms with Crippen molar-refractivity contribution in [2.75, 3.05) is 0 Å². The molecule has 1 heterocycles. The summed E-state index contributed by atoms with van der Waals surface area (Å²) in [5.41, 5.74) is 0.793. The van der Waals surface area contributed by atoms with E-state index in [1.54, 1.807) is 7.05 Å². The molecule has 12 heavy (non-hydrogen) atoms. The summed E-state index contributed by atoms with van der Waals surface area (Å²) in [7, 11) is 1.56. The number of aldehydes is 3. The molecule has 0 radical (unpaired) electrons. The van der Waals surface area contributed by atoms with Crippen molar-refractivity contribution in [3.05, 3.63) is 23.0 Å². The van der Waals surface area contributed by atoms with Crippen molar-refractivity contribution < 1.29 is 14.4 Å². The second-order valence-corrected chi connectivity index (χ2v) is 2.32. The van der Waals surface area contributed by atoms with Crippen LogP contribution in [0.1, 0.15) is 31.3 Å². The topological polar surface area (TPSA) is 56.1 Å². The van der Waals surface area contributed by atoms with Crippen LogP contribution in [0.3, 0.4) is 0 Å². The zero-order chi connectivity index (χ0) is 9.14. The van der Waals surface area contributed by atoms with Crippen LogP contribution in [0.15, 0.2) is 6.07 Å². The first-order valence-corrected chi connectivity index (χ1v) is 3.29. The Bertz CT molecular complexity index is 338. The lowest BCUT2D eigenvalue weighted by Gasteiger charge is -1.95. The maximum atomic E-state index is 10.4. The molecular weight excluding hydrogens is 158 g/mol. The normalized spacial score (nSPS) is 9.42. The summed E-state index contributed by atoms with van der Waals surface area (Å²) in [6.07, 6.45) is 1.70. The highest BCUT2D eigenvalue weighted by Gasteiger charge is 2.09. The van der Waals surface area contributed by atoms with Crippen molar-refractivity contribution in [3.8, 4) is 0 Å². The molecule has 4 nitrogen and oxygen atoms in total. The molecular formula is C8H7NO3. The third-order valence-corrected chi connectivity index (χ3v) is 1.71. The van der Waals surface area contributed by atoms with Crippen LogP contribution >= 0.6 is 0 Å². The molecule has 0 unspecified atom stereocenters. The number of hydrogen-bond acceptors (Lipinski definition) is 3. The predicted molar refractivity (Wildman–Crippen MR) is 41.6 cm³/mol. The molecule has 0 amide bonds. The zero-order valence-corrected chi connectivity index (χ0v) is 6.48. The highest BCUT2D eigenvalue weighted by Crippen LogP contribution is 2.08. The lowest BCUT2D eigenvalue weighted by atomic mass is 10.3. The number of carbonyl (C=O) groups excluding carboxylic acids is 3. The Morgan fingerprint density at radius 3 is 2.17 bits per heavy atom. The van der Waals surface area contributed by atoms with Crippen LogP contribution < -0.4 is 0 Å². The molecule has 62 valence electrons. The van der Waals surface area contributed by atoms with Gasteiger partial charge in [-0.25, -0.2) is 0 Å². The van der Waals surface area contributed by atoms with Crippen LogP contribution in [0, 0.1) is 0 Å². The number of carbonyl (C=O) groups is 3. The van der Waals surface area contributed by atoms with E-state index in [0.29, 0.717) is 24.6 Å². The second kappa shape index (κ2) is 3.13. The van der Waals surface area contributed by atoms with Gasteiger partial charge in [0.2, 0.25) is 0 Å². The SMILES string of the molecule is Cn1c(C=O)cc(C=O)c1C=O. The molecule has 4 heteroatoms. The van der Waals surface area contributed by atoms with E-state index in [-0.39, 0.29) is 11.3 Å². The molecule has 1 aromatic rings. The molecule has 0 aliphatic rings. The smallest absolute Gasteiger partial charge is 0.167 e. The van der Waals surface area contributed by atoms with Crippen LogP contribution in [0.25, 0.3) is 0 Å². The third kappa shape index (κ3) is 1.07. The minimum atomic E-state index is 0.229. The van der Waals surface area contributed by atoms with Crippen molar-refractivity contribution in [3.63, 3.8) is 0 Å². The Morgan fingerprint density at radius 1 is 1.17 bits per heavy atom. The van der Waals surface area contributed by atoms with Gasteiger partial charge in [-0.1, -0.05) is 0 Å². The van der Waals surface area contributed by atoms with E-state index in [2.05, 4.69) is 0 Å². The van der Waals surface area contributed by atoms with E-state index < -0.39 is 0 Å². The standard InChI is InChI=1S/C8H7NO3/c1-9-7(4-11)2-6(3-10)8(9)5-12/h2-5H,1H3. The quantitative estimate of drug-likeness (QED) is 0.611. The Kier molecular flexibility index (Phi) is 2.19. The maximum Gasteiger partial charge on any atom is 0.167 e. The largest absolute Gasteiger partial charge is 0.339 e. The van der Waals surface area contributed by atoms with Crippen LogP contribution in [0.5, 0.6) is 0 Å². The molecule has 0 spiro atoms. The van der Waals surface area contributed by atoms with Gasteiger partial charge in [0.1, 0.15) is 0 Å². The van der Waals surface area contributed by atoms with Crippen molar-refractivity contribution in [2.24, 2.45) is 7.05 Å². The van der Waals surface area contributed by atoms with Gasteiger partial charge >= 0.3 is 0 Å². The molecule has 0 aliphatic heterocycles. The fourth-order valence-electron chi connectivity index (χ4n) is 1.02. The molecule has 0 aliphatic carbocycles. The average Bonchev–Trinajstić information content (AvgIpc) is 2.41. The fraction of sp³-hybridized carbons (Fsp3) is 0.125. The Balaban J connectivity index is 3.41. The second-order valence-electron chi connectivity index (χ2n) is 2.32. The number of aromatic nitrogens is 1. The van der Waals surface area contributed by atoms with Gasteiger partial charge in [-0.2, -0.15) is 0 Å². The highest BCUT2D eigenvalue weighted by atomic mass is 16.1. The van der Waals surface area contributed by atoms with Crippen molar-refractivity contribution in [1.82, 2.24) is 4.57 Å². The van der Waals surface area contributed by atoms with Crippen molar-refractivity contribution in [2.45, 2.75) is 0 Å². The van der Waals surface area contributed by atoms with Gasteiger partial charge in [-0.05, 0) is 6.07 Å². The average molecular weight is 165 g/mol. The summed E-state index contributed by atoms with van der Waals surface area (Å²) in [4.78, 5) is 31.2. The summed E-state index contributed by atoms with van der Waals surface area (Å²) < 4.78 is 1.38. The number of hydrogen-bond donors (Lipinski definition) is 0. The maximum absolute atomic E-state index is 10.4. The van der Waals surface area contributed by atoms with Crippen LogP contribution in [0.4, 0.5) is 0 Å². The fourth-order valence-corrected chi connectivity index (χ4v) is 1.02. The molecule has 0 aromatic carbocycles. The van der Waals surface area contributed by atoms with Gasteiger partial charge in [0, 0.05) is 12.6 Å². The van der Waals surface area contributed by atoms with Gasteiger partial charge in [-0.15, -0.1) is 0 Å². The molecule has 1 rings (SSSR count). The molecule has 0 atom stereocenters. The number of nitrogens with zero attached hydrogens (tertiary/aromatic N) is 1. The minimum Gasteiger partial charge on any atom is -0.339 e. The van der Waals surface area contributed by atoms with Crippen molar-refractivity contribution in [1.29, 1.82) is 0 Å². The summed E-state index contributed by atoms with van der Waals surface area (Å²) in [5.74, 6) is 0. The Hall–Kier alpha value is -1.71. The lowest BCUT2D eigenvalue weighted by Crippen LogP contribution is -1.99. The van der Waals surface area contributed by atoms with E-state index >= 15 is 0 Å².